The van der Waals surface area contributed by atoms with Gasteiger partial charge in [0.05, 0.1) is 30.6 Å². The van der Waals surface area contributed by atoms with E-state index in [2.05, 4.69) is 10.3 Å². The lowest BCUT2D eigenvalue weighted by Crippen LogP contribution is -2.43. The largest absolute Gasteiger partial charge is 0.373 e. The second kappa shape index (κ2) is 6.12. The zero-order valence-corrected chi connectivity index (χ0v) is 12.6. The van der Waals surface area contributed by atoms with Crippen LogP contribution in [0.25, 0.3) is 10.9 Å². The van der Waals surface area contributed by atoms with Gasteiger partial charge in [-0.15, -0.1) is 0 Å². The summed E-state index contributed by atoms with van der Waals surface area (Å²) < 4.78 is 26.4. The Hall–Kier alpha value is -2.61. The van der Waals surface area contributed by atoms with Gasteiger partial charge in [0.1, 0.15) is 6.23 Å². The predicted octanol–water partition coefficient (Wildman–Crippen LogP) is 1.15. The molecule has 0 spiro atoms. The molecule has 0 radical (unpaired) electrons. The first-order valence-corrected chi connectivity index (χ1v) is 7.35. The number of likely N-dealkylation sites (tertiary alicyclic amines) is 1. The molecule has 1 atom stereocenters. The highest BCUT2D eigenvalue weighted by Gasteiger charge is 2.46. The van der Waals surface area contributed by atoms with Crippen molar-refractivity contribution >= 4 is 22.7 Å². The number of rotatable bonds is 3. The summed E-state index contributed by atoms with van der Waals surface area (Å²) in [6.45, 7) is -1.32. The standard InChI is InChI=1S/C16H15F2N3O3/c17-16(18)7-13(22)21(9-16)14(23)8-20-15(24)11-5-6-19-12-4-2-1-3-10(11)12/h1-6,13,22H,7-9H2,(H,20,24). The molecular formula is C16H15F2N3O3. The van der Waals surface area contributed by atoms with E-state index in [0.717, 1.165) is 0 Å². The SMILES string of the molecule is O=C(NCC(=O)N1CC(F)(F)CC1O)c1ccnc2ccccc12. The zero-order chi connectivity index (χ0) is 17.3. The van der Waals surface area contributed by atoms with Crippen molar-refractivity contribution in [3.63, 3.8) is 0 Å². The van der Waals surface area contributed by atoms with E-state index in [-0.39, 0.29) is 0 Å². The molecule has 2 aromatic rings. The first-order valence-electron chi connectivity index (χ1n) is 7.35. The minimum Gasteiger partial charge on any atom is -0.373 e. The van der Waals surface area contributed by atoms with Crippen LogP contribution >= 0.6 is 0 Å². The fourth-order valence-corrected chi connectivity index (χ4v) is 2.70. The minimum absolute atomic E-state index is 0.334. The van der Waals surface area contributed by atoms with Gasteiger partial charge in [-0.2, -0.15) is 0 Å². The molecule has 126 valence electrons. The molecule has 2 heterocycles. The molecule has 1 aliphatic rings. The first-order chi connectivity index (χ1) is 11.4. The first kappa shape index (κ1) is 16.3. The zero-order valence-electron chi connectivity index (χ0n) is 12.6. The molecule has 1 fully saturated rings. The Morgan fingerprint density at radius 3 is 2.79 bits per heavy atom. The van der Waals surface area contributed by atoms with Crippen molar-refractivity contribution in [2.45, 2.75) is 18.6 Å². The molecule has 8 heteroatoms. The number of pyridine rings is 1. The number of hydrogen-bond acceptors (Lipinski definition) is 4. The van der Waals surface area contributed by atoms with Crippen LogP contribution in [-0.4, -0.2) is 52.0 Å². The highest BCUT2D eigenvalue weighted by Crippen LogP contribution is 2.30. The van der Waals surface area contributed by atoms with E-state index < -0.39 is 43.5 Å². The number of benzene rings is 1. The van der Waals surface area contributed by atoms with Crippen LogP contribution in [-0.2, 0) is 4.79 Å². The van der Waals surface area contributed by atoms with Crippen molar-refractivity contribution in [2.75, 3.05) is 13.1 Å². The van der Waals surface area contributed by atoms with Crippen LogP contribution in [0.4, 0.5) is 8.78 Å². The second-order valence-corrected chi connectivity index (χ2v) is 5.62. The summed E-state index contributed by atoms with van der Waals surface area (Å²) in [4.78, 5) is 29.0. The third kappa shape index (κ3) is 3.18. The van der Waals surface area contributed by atoms with Crippen molar-refractivity contribution in [2.24, 2.45) is 0 Å². The van der Waals surface area contributed by atoms with E-state index in [1.165, 1.54) is 12.3 Å². The smallest absolute Gasteiger partial charge is 0.269 e. The van der Waals surface area contributed by atoms with Gasteiger partial charge >= 0.3 is 0 Å². The monoisotopic (exact) mass is 335 g/mol. The molecule has 3 rings (SSSR count). The number of halogens is 2. The summed E-state index contributed by atoms with van der Waals surface area (Å²) in [5, 5.41) is 12.5. The molecule has 0 aliphatic carbocycles. The minimum atomic E-state index is -3.11. The Labute approximate surface area is 136 Å². The number of para-hydroxylation sites is 1. The highest BCUT2D eigenvalue weighted by molar-refractivity contribution is 6.06. The van der Waals surface area contributed by atoms with Crippen LogP contribution in [0.15, 0.2) is 36.5 Å². The van der Waals surface area contributed by atoms with Crippen LogP contribution in [0.2, 0.25) is 0 Å². The molecule has 24 heavy (non-hydrogen) atoms. The lowest BCUT2D eigenvalue weighted by atomic mass is 10.1. The van der Waals surface area contributed by atoms with Gasteiger partial charge in [0.2, 0.25) is 5.91 Å². The molecule has 0 saturated carbocycles. The maximum atomic E-state index is 13.2. The number of aromatic nitrogens is 1. The highest BCUT2D eigenvalue weighted by atomic mass is 19.3. The number of nitrogens with one attached hydrogen (secondary N) is 1. The third-order valence-electron chi connectivity index (χ3n) is 3.86. The molecule has 1 aromatic carbocycles. The Morgan fingerprint density at radius 2 is 2.08 bits per heavy atom. The number of amides is 2. The van der Waals surface area contributed by atoms with Crippen LogP contribution in [0.1, 0.15) is 16.8 Å². The average molecular weight is 335 g/mol. The fraction of sp³-hybridized carbons (Fsp3) is 0.312. The van der Waals surface area contributed by atoms with Gasteiger partial charge in [-0.1, -0.05) is 18.2 Å². The number of fused-ring (bicyclic) bond motifs is 1. The molecule has 0 bridgehead atoms. The van der Waals surface area contributed by atoms with Crippen molar-refractivity contribution in [1.82, 2.24) is 15.2 Å². The van der Waals surface area contributed by atoms with Crippen LogP contribution in [0.5, 0.6) is 0 Å². The molecule has 1 aliphatic heterocycles. The Kier molecular flexibility index (Phi) is 4.15. The van der Waals surface area contributed by atoms with Gasteiger partial charge in [-0.05, 0) is 12.1 Å². The van der Waals surface area contributed by atoms with Crippen molar-refractivity contribution in [1.29, 1.82) is 0 Å². The average Bonchev–Trinajstić information content (AvgIpc) is 2.84. The van der Waals surface area contributed by atoms with Gasteiger partial charge in [0.15, 0.2) is 0 Å². The lowest BCUT2D eigenvalue weighted by molar-refractivity contribution is -0.137. The maximum Gasteiger partial charge on any atom is 0.269 e. The van der Waals surface area contributed by atoms with E-state index in [1.54, 1.807) is 24.3 Å². The normalized spacial score (nSPS) is 19.5. The van der Waals surface area contributed by atoms with Crippen molar-refractivity contribution in [3.8, 4) is 0 Å². The molecular weight excluding hydrogens is 320 g/mol. The topological polar surface area (TPSA) is 82.5 Å². The molecule has 2 N–H and O–H groups in total. The van der Waals surface area contributed by atoms with Gasteiger partial charge < -0.3 is 15.3 Å². The summed E-state index contributed by atoms with van der Waals surface area (Å²) >= 11 is 0. The van der Waals surface area contributed by atoms with E-state index in [1.807, 2.05) is 0 Å². The number of nitrogens with zero attached hydrogens (tertiary/aromatic N) is 2. The predicted molar refractivity (Wildman–Crippen MR) is 81.4 cm³/mol. The van der Waals surface area contributed by atoms with Crippen LogP contribution in [0.3, 0.4) is 0 Å². The molecule has 6 nitrogen and oxygen atoms in total. The molecule has 2 amide bonds. The van der Waals surface area contributed by atoms with Crippen molar-refractivity contribution < 1.29 is 23.5 Å². The summed E-state index contributed by atoms with van der Waals surface area (Å²) in [7, 11) is 0. The van der Waals surface area contributed by atoms with Gasteiger partial charge in [0.25, 0.3) is 11.8 Å². The lowest BCUT2D eigenvalue weighted by Gasteiger charge is -2.19. The van der Waals surface area contributed by atoms with E-state index >= 15 is 0 Å². The number of alkyl halides is 2. The summed E-state index contributed by atoms with van der Waals surface area (Å²) in [5.41, 5.74) is 0.965. The number of aliphatic hydroxyl groups is 1. The Morgan fingerprint density at radius 1 is 1.33 bits per heavy atom. The quantitative estimate of drug-likeness (QED) is 0.882. The number of carbonyl (C=O) groups excluding carboxylic acids is 2. The second-order valence-electron chi connectivity index (χ2n) is 5.62. The number of hydrogen-bond donors (Lipinski definition) is 2. The van der Waals surface area contributed by atoms with E-state index in [9.17, 15) is 23.5 Å². The molecule has 1 aromatic heterocycles. The number of carbonyl (C=O) groups is 2. The van der Waals surface area contributed by atoms with Gasteiger partial charge in [-0.3, -0.25) is 14.6 Å². The summed E-state index contributed by atoms with van der Waals surface area (Å²) in [5.74, 6) is -4.38. The number of aliphatic hydroxyl groups excluding tert-OH is 1. The molecule has 1 saturated heterocycles. The van der Waals surface area contributed by atoms with Crippen LogP contribution < -0.4 is 5.32 Å². The fourth-order valence-electron chi connectivity index (χ4n) is 2.70. The van der Waals surface area contributed by atoms with Crippen LogP contribution in [0, 0.1) is 0 Å². The van der Waals surface area contributed by atoms with Crippen molar-refractivity contribution in [3.05, 3.63) is 42.1 Å². The molecule has 1 unspecified atom stereocenters. The van der Waals surface area contributed by atoms with E-state index in [0.29, 0.717) is 21.4 Å². The third-order valence-corrected chi connectivity index (χ3v) is 3.86. The summed E-state index contributed by atoms with van der Waals surface area (Å²) in [6, 6.07) is 8.54. The van der Waals surface area contributed by atoms with E-state index in [4.69, 9.17) is 0 Å². The van der Waals surface area contributed by atoms with Gasteiger partial charge in [0, 0.05) is 11.6 Å². The maximum absolute atomic E-state index is 13.2. The summed E-state index contributed by atoms with van der Waals surface area (Å²) in [6.07, 6.45) is -0.850. The Bertz CT molecular complexity index is 792. The van der Waals surface area contributed by atoms with Gasteiger partial charge in [-0.25, -0.2) is 8.78 Å². The Balaban J connectivity index is 1.68.